The highest BCUT2D eigenvalue weighted by Crippen LogP contribution is 2.31. The molecule has 0 fully saturated rings. The molecular weight excluding hydrogens is 418 g/mol. The Balaban J connectivity index is 1.92. The molecule has 2 heterocycles. The second kappa shape index (κ2) is 7.58. The lowest BCUT2D eigenvalue weighted by Crippen LogP contribution is -2.22. The van der Waals surface area contributed by atoms with Gasteiger partial charge < -0.3 is 4.74 Å². The third-order valence-electron chi connectivity index (χ3n) is 3.92. The SMILES string of the molecule is C[Si](C)(C)CCOCn1nc(-c2ccnc(Cl)c2)c2cc(Br)ccc21. The second-order valence-electron chi connectivity index (χ2n) is 7.22. The van der Waals surface area contributed by atoms with Crippen molar-refractivity contribution in [2.45, 2.75) is 32.4 Å². The van der Waals surface area contributed by atoms with E-state index in [9.17, 15) is 0 Å². The smallest absolute Gasteiger partial charge is 0.140 e. The van der Waals surface area contributed by atoms with E-state index in [0.29, 0.717) is 11.9 Å². The van der Waals surface area contributed by atoms with E-state index < -0.39 is 8.07 Å². The number of ether oxygens (including phenoxy) is 1. The van der Waals surface area contributed by atoms with Crippen molar-refractivity contribution >= 4 is 46.5 Å². The van der Waals surface area contributed by atoms with Crippen molar-refractivity contribution in [3.05, 3.63) is 46.2 Å². The predicted molar refractivity (Wildman–Crippen MR) is 110 cm³/mol. The molecule has 3 rings (SSSR count). The van der Waals surface area contributed by atoms with Gasteiger partial charge in [0.25, 0.3) is 0 Å². The molecule has 1 aromatic carbocycles. The molecule has 7 heteroatoms. The van der Waals surface area contributed by atoms with Gasteiger partial charge in [0.05, 0.1) is 5.52 Å². The van der Waals surface area contributed by atoms with Crippen molar-refractivity contribution in [1.82, 2.24) is 14.8 Å². The number of fused-ring (bicyclic) bond motifs is 1. The van der Waals surface area contributed by atoms with Gasteiger partial charge in [-0.1, -0.05) is 47.2 Å². The van der Waals surface area contributed by atoms with Gasteiger partial charge in [-0.05, 0) is 36.4 Å². The van der Waals surface area contributed by atoms with Crippen LogP contribution in [0.2, 0.25) is 30.8 Å². The fraction of sp³-hybridized carbons (Fsp3) is 0.333. The molecule has 0 bridgehead atoms. The molecular formula is C18H21BrClN3OSi. The number of aromatic nitrogens is 3. The number of pyridine rings is 1. The molecule has 0 saturated carbocycles. The number of hydrogen-bond acceptors (Lipinski definition) is 3. The van der Waals surface area contributed by atoms with Crippen LogP contribution in [0.25, 0.3) is 22.2 Å². The first-order valence-electron chi connectivity index (χ1n) is 8.19. The van der Waals surface area contributed by atoms with Crippen LogP contribution >= 0.6 is 27.5 Å². The highest BCUT2D eigenvalue weighted by Gasteiger charge is 2.15. The highest BCUT2D eigenvalue weighted by atomic mass is 79.9. The summed E-state index contributed by atoms with van der Waals surface area (Å²) in [4.78, 5) is 4.05. The first kappa shape index (κ1) is 18.6. The van der Waals surface area contributed by atoms with Crippen LogP contribution in [0.3, 0.4) is 0 Å². The molecule has 2 aromatic heterocycles. The lowest BCUT2D eigenvalue weighted by atomic mass is 10.1. The molecule has 3 aromatic rings. The predicted octanol–water partition coefficient (Wildman–Crippen LogP) is 5.83. The van der Waals surface area contributed by atoms with Crippen molar-refractivity contribution in [2.24, 2.45) is 0 Å². The molecule has 4 nitrogen and oxygen atoms in total. The number of benzene rings is 1. The Labute approximate surface area is 162 Å². The van der Waals surface area contributed by atoms with Crippen LogP contribution in [0.1, 0.15) is 0 Å². The third kappa shape index (κ3) is 4.70. The summed E-state index contributed by atoms with van der Waals surface area (Å²) < 4.78 is 8.82. The standard InChI is InChI=1S/C18H21BrClN3OSi/c1-25(2,3)9-8-24-12-23-16-5-4-14(19)11-15(16)18(22-23)13-6-7-21-17(20)10-13/h4-7,10-11H,8-9,12H2,1-3H3. The lowest BCUT2D eigenvalue weighted by Gasteiger charge is -2.15. The molecule has 0 amide bonds. The Morgan fingerprint density at radius 3 is 2.72 bits per heavy atom. The monoisotopic (exact) mass is 437 g/mol. The van der Waals surface area contributed by atoms with E-state index in [1.165, 1.54) is 0 Å². The van der Waals surface area contributed by atoms with Crippen LogP contribution in [-0.2, 0) is 11.5 Å². The number of hydrogen-bond donors (Lipinski definition) is 0. The molecule has 0 saturated heterocycles. The van der Waals surface area contributed by atoms with Gasteiger partial charge >= 0.3 is 0 Å². The van der Waals surface area contributed by atoms with Crippen molar-refractivity contribution in [1.29, 1.82) is 0 Å². The second-order valence-corrected chi connectivity index (χ2v) is 14.1. The first-order chi connectivity index (χ1) is 11.8. The third-order valence-corrected chi connectivity index (χ3v) is 6.33. The van der Waals surface area contributed by atoms with Gasteiger partial charge in [0.2, 0.25) is 0 Å². The van der Waals surface area contributed by atoms with Crippen LogP contribution in [-0.4, -0.2) is 29.4 Å². The first-order valence-corrected chi connectivity index (χ1v) is 13.1. The van der Waals surface area contributed by atoms with E-state index in [2.05, 4.69) is 52.7 Å². The maximum Gasteiger partial charge on any atom is 0.140 e. The Morgan fingerprint density at radius 2 is 2.00 bits per heavy atom. The van der Waals surface area contributed by atoms with Gasteiger partial charge in [0.1, 0.15) is 17.6 Å². The van der Waals surface area contributed by atoms with Gasteiger partial charge in [-0.15, -0.1) is 0 Å². The molecule has 0 atom stereocenters. The zero-order valence-corrected chi connectivity index (χ0v) is 17.9. The Morgan fingerprint density at radius 1 is 1.20 bits per heavy atom. The van der Waals surface area contributed by atoms with Crippen LogP contribution in [0.4, 0.5) is 0 Å². The molecule has 25 heavy (non-hydrogen) atoms. The average molecular weight is 439 g/mol. The molecule has 0 spiro atoms. The fourth-order valence-corrected chi connectivity index (χ4v) is 3.83. The molecule has 0 N–H and O–H groups in total. The highest BCUT2D eigenvalue weighted by molar-refractivity contribution is 9.10. The largest absolute Gasteiger partial charge is 0.360 e. The number of rotatable bonds is 6. The lowest BCUT2D eigenvalue weighted by molar-refractivity contribution is 0.0818. The number of nitrogens with zero attached hydrogens (tertiary/aromatic N) is 3. The summed E-state index contributed by atoms with van der Waals surface area (Å²) in [5, 5.41) is 6.29. The quantitative estimate of drug-likeness (QED) is 0.276. The zero-order valence-electron chi connectivity index (χ0n) is 14.6. The van der Waals surface area contributed by atoms with E-state index in [4.69, 9.17) is 21.4 Å². The topological polar surface area (TPSA) is 39.9 Å². The minimum absolute atomic E-state index is 0.446. The molecule has 0 aliphatic carbocycles. The van der Waals surface area contributed by atoms with E-state index in [0.717, 1.165) is 39.3 Å². The number of halogens is 2. The summed E-state index contributed by atoms with van der Waals surface area (Å²) in [5.74, 6) is 0. The van der Waals surface area contributed by atoms with Gasteiger partial charge in [-0.3, -0.25) is 0 Å². The molecule has 0 aliphatic rings. The summed E-state index contributed by atoms with van der Waals surface area (Å²) in [6, 6.07) is 11.0. The van der Waals surface area contributed by atoms with Gasteiger partial charge in [-0.25, -0.2) is 9.67 Å². The van der Waals surface area contributed by atoms with Crippen molar-refractivity contribution in [3.63, 3.8) is 0 Å². The molecule has 0 radical (unpaired) electrons. The van der Waals surface area contributed by atoms with Crippen LogP contribution in [0.15, 0.2) is 41.0 Å². The Bertz CT molecular complexity index is 892. The van der Waals surface area contributed by atoms with Gasteiger partial charge in [0, 0.05) is 36.3 Å². The van der Waals surface area contributed by atoms with E-state index in [1.54, 1.807) is 6.20 Å². The van der Waals surface area contributed by atoms with E-state index in [-0.39, 0.29) is 0 Å². The zero-order chi connectivity index (χ0) is 18.0. The minimum Gasteiger partial charge on any atom is -0.360 e. The van der Waals surface area contributed by atoms with E-state index >= 15 is 0 Å². The summed E-state index contributed by atoms with van der Waals surface area (Å²) in [7, 11) is -1.09. The van der Waals surface area contributed by atoms with Gasteiger partial charge in [0.15, 0.2) is 0 Å². The fourth-order valence-electron chi connectivity index (χ4n) is 2.54. The molecule has 132 valence electrons. The normalized spacial score (nSPS) is 12.0. The minimum atomic E-state index is -1.09. The van der Waals surface area contributed by atoms with Crippen LogP contribution in [0.5, 0.6) is 0 Å². The summed E-state index contributed by atoms with van der Waals surface area (Å²) in [5.41, 5.74) is 2.87. The van der Waals surface area contributed by atoms with Crippen molar-refractivity contribution in [3.8, 4) is 11.3 Å². The Kier molecular flexibility index (Phi) is 5.63. The maximum atomic E-state index is 6.05. The summed E-state index contributed by atoms with van der Waals surface area (Å²) in [6.07, 6.45) is 1.70. The van der Waals surface area contributed by atoms with E-state index in [1.807, 2.05) is 22.9 Å². The summed E-state index contributed by atoms with van der Waals surface area (Å²) in [6.45, 7) is 8.26. The van der Waals surface area contributed by atoms with Crippen molar-refractivity contribution in [2.75, 3.05) is 6.61 Å². The van der Waals surface area contributed by atoms with Crippen LogP contribution in [0, 0.1) is 0 Å². The van der Waals surface area contributed by atoms with Crippen molar-refractivity contribution < 1.29 is 4.74 Å². The molecule has 0 unspecified atom stereocenters. The Hall–Kier alpha value is -1.21. The van der Waals surface area contributed by atoms with Crippen LogP contribution < -0.4 is 0 Å². The summed E-state index contributed by atoms with van der Waals surface area (Å²) >= 11 is 9.60. The maximum absolute atomic E-state index is 6.05. The molecule has 0 aliphatic heterocycles. The van der Waals surface area contributed by atoms with Gasteiger partial charge in [-0.2, -0.15) is 5.10 Å². The average Bonchev–Trinajstić information content (AvgIpc) is 2.88.